The number of aromatic amines is 1. The maximum absolute atomic E-state index is 13.8. The Bertz CT molecular complexity index is 1940. The van der Waals surface area contributed by atoms with Gasteiger partial charge in [-0.3, -0.25) is 10.1 Å². The molecule has 15 heteroatoms. The first-order chi connectivity index (χ1) is 22.9. The van der Waals surface area contributed by atoms with Gasteiger partial charge >= 0.3 is 6.18 Å². The van der Waals surface area contributed by atoms with Crippen LogP contribution < -0.4 is 15.0 Å². The Morgan fingerprint density at radius 2 is 1.83 bits per heavy atom. The van der Waals surface area contributed by atoms with Crippen LogP contribution >= 0.6 is 0 Å². The van der Waals surface area contributed by atoms with Gasteiger partial charge in [0.2, 0.25) is 0 Å². The third kappa shape index (κ3) is 6.59. The van der Waals surface area contributed by atoms with Crippen molar-refractivity contribution in [3.8, 4) is 16.9 Å². The number of pyridine rings is 1. The zero-order valence-electron chi connectivity index (χ0n) is 26.8. The van der Waals surface area contributed by atoms with Crippen molar-refractivity contribution >= 4 is 43.5 Å². The smallest absolute Gasteiger partial charge is 0.422 e. The van der Waals surface area contributed by atoms with Crippen LogP contribution in [0.3, 0.4) is 0 Å². The summed E-state index contributed by atoms with van der Waals surface area (Å²) in [6, 6.07) is 1.90. The topological polar surface area (TPSA) is 129 Å². The molecular weight excluding hydrogens is 645 g/mol. The van der Waals surface area contributed by atoms with E-state index in [-0.39, 0.29) is 22.8 Å². The second-order valence-corrected chi connectivity index (χ2v) is 15.7. The summed E-state index contributed by atoms with van der Waals surface area (Å²) >= 11 is 0. The molecule has 3 aliphatic heterocycles. The third-order valence-electron chi connectivity index (χ3n) is 10.1. The molecule has 0 amide bonds. The standard InChI is InChI=1S/C33H39F3N8O3S/c1-3-21-14-23-28(29(47-20-33(34,35)36)27(21)25-15-37-17-26-24(25)16-39-42-26)40-30(22-4-8-43(9-5-22)12-13-48(2,45)46)41-31(23)44-10-6-32(7-11-44)18-38-19-32/h3,14-17,22,38H,1,4-13,18-20H2,2H3,(H,39,42). The number of benzene rings is 1. The minimum atomic E-state index is -4.59. The third-order valence-corrected chi connectivity index (χ3v) is 11.0. The molecule has 48 heavy (non-hydrogen) atoms. The van der Waals surface area contributed by atoms with E-state index in [1.165, 1.54) is 6.26 Å². The number of sulfone groups is 1. The largest absolute Gasteiger partial charge is 0.481 e. The monoisotopic (exact) mass is 684 g/mol. The molecule has 3 aliphatic rings. The van der Waals surface area contributed by atoms with Crippen LogP contribution in [0.4, 0.5) is 19.0 Å². The highest BCUT2D eigenvalue weighted by Crippen LogP contribution is 2.46. The highest BCUT2D eigenvalue weighted by molar-refractivity contribution is 7.90. The van der Waals surface area contributed by atoms with E-state index < -0.39 is 22.6 Å². The number of hydrogen-bond donors (Lipinski definition) is 2. The van der Waals surface area contributed by atoms with E-state index in [2.05, 4.69) is 36.9 Å². The van der Waals surface area contributed by atoms with Crippen molar-refractivity contribution in [2.45, 2.75) is 37.8 Å². The van der Waals surface area contributed by atoms with E-state index in [0.29, 0.717) is 82.6 Å². The molecule has 0 bridgehead atoms. The normalized spacial score (nSPS) is 19.2. The first-order valence-electron chi connectivity index (χ1n) is 16.3. The van der Waals surface area contributed by atoms with Crippen LogP contribution in [0.5, 0.6) is 5.75 Å². The SMILES string of the molecule is C=Cc1cc2c(N3CCC4(CC3)CNC4)nc(C3CCN(CCS(C)(=O)=O)CC3)nc2c(OCC(F)(F)F)c1-c1cncc2[nH]ncc12. The molecule has 1 aromatic carbocycles. The minimum Gasteiger partial charge on any atom is -0.481 e. The average molecular weight is 685 g/mol. The number of piperidine rings is 2. The van der Waals surface area contributed by atoms with Gasteiger partial charge in [0, 0.05) is 73.0 Å². The van der Waals surface area contributed by atoms with Crippen LogP contribution in [-0.4, -0.2) is 109 Å². The second kappa shape index (κ2) is 12.6. The van der Waals surface area contributed by atoms with Crippen LogP contribution in [-0.2, 0) is 9.84 Å². The van der Waals surface area contributed by atoms with Crippen molar-refractivity contribution in [2.75, 3.05) is 69.3 Å². The molecule has 0 radical (unpaired) electrons. The van der Waals surface area contributed by atoms with E-state index in [0.717, 1.165) is 39.0 Å². The molecule has 6 heterocycles. The highest BCUT2D eigenvalue weighted by Gasteiger charge is 2.41. The summed E-state index contributed by atoms with van der Waals surface area (Å²) in [5.74, 6) is 1.27. The fourth-order valence-electron chi connectivity index (χ4n) is 7.21. The zero-order valence-corrected chi connectivity index (χ0v) is 27.6. The van der Waals surface area contributed by atoms with Gasteiger partial charge in [-0.25, -0.2) is 18.4 Å². The maximum atomic E-state index is 13.8. The minimum absolute atomic E-state index is 0.00221. The van der Waals surface area contributed by atoms with Crippen LogP contribution in [0, 0.1) is 5.41 Å². The molecule has 3 aromatic heterocycles. The second-order valence-electron chi connectivity index (χ2n) is 13.4. The molecule has 0 aliphatic carbocycles. The number of hydrogen-bond acceptors (Lipinski definition) is 10. The number of alkyl halides is 3. The van der Waals surface area contributed by atoms with Crippen LogP contribution in [0.2, 0.25) is 0 Å². The Balaban J connectivity index is 1.37. The van der Waals surface area contributed by atoms with Crippen molar-refractivity contribution in [3.05, 3.63) is 42.6 Å². The van der Waals surface area contributed by atoms with Gasteiger partial charge in [-0.05, 0) is 55.8 Å². The summed E-state index contributed by atoms with van der Waals surface area (Å²) in [4.78, 5) is 18.9. The van der Waals surface area contributed by atoms with Gasteiger partial charge in [0.25, 0.3) is 0 Å². The first-order valence-corrected chi connectivity index (χ1v) is 18.3. The van der Waals surface area contributed by atoms with Crippen molar-refractivity contribution in [1.29, 1.82) is 0 Å². The number of rotatable bonds is 9. The number of anilines is 1. The van der Waals surface area contributed by atoms with Gasteiger partial charge in [-0.2, -0.15) is 18.3 Å². The van der Waals surface area contributed by atoms with E-state index in [1.807, 2.05) is 6.07 Å². The van der Waals surface area contributed by atoms with Gasteiger partial charge < -0.3 is 19.9 Å². The van der Waals surface area contributed by atoms with Crippen molar-refractivity contribution in [3.63, 3.8) is 0 Å². The van der Waals surface area contributed by atoms with Crippen LogP contribution in [0.25, 0.3) is 39.0 Å². The predicted octanol–water partition coefficient (Wildman–Crippen LogP) is 4.57. The van der Waals surface area contributed by atoms with Gasteiger partial charge in [0.05, 0.1) is 23.7 Å². The number of nitrogens with zero attached hydrogens (tertiary/aromatic N) is 6. The number of H-pyrrole nitrogens is 1. The highest BCUT2D eigenvalue weighted by atomic mass is 32.2. The predicted molar refractivity (Wildman–Crippen MR) is 179 cm³/mol. The van der Waals surface area contributed by atoms with Crippen molar-refractivity contribution in [1.82, 2.24) is 35.4 Å². The van der Waals surface area contributed by atoms with Crippen LogP contribution in [0.15, 0.2) is 31.2 Å². The molecule has 0 unspecified atom stereocenters. The van der Waals surface area contributed by atoms with E-state index in [1.54, 1.807) is 24.7 Å². The number of nitrogens with one attached hydrogen (secondary N) is 2. The molecule has 3 fully saturated rings. The summed E-state index contributed by atoms with van der Waals surface area (Å²) in [7, 11) is -3.09. The molecule has 256 valence electrons. The maximum Gasteiger partial charge on any atom is 0.422 e. The van der Waals surface area contributed by atoms with Gasteiger partial charge in [-0.1, -0.05) is 12.7 Å². The van der Waals surface area contributed by atoms with Crippen molar-refractivity contribution in [2.24, 2.45) is 5.41 Å². The van der Waals surface area contributed by atoms with Crippen molar-refractivity contribution < 1.29 is 26.3 Å². The fraction of sp³-hybridized carbons (Fsp3) is 0.515. The fourth-order valence-corrected chi connectivity index (χ4v) is 7.80. The Morgan fingerprint density at radius 1 is 1.08 bits per heavy atom. The van der Waals surface area contributed by atoms with Gasteiger partial charge in [0.1, 0.15) is 27.0 Å². The summed E-state index contributed by atoms with van der Waals surface area (Å²) in [5, 5.41) is 11.7. The lowest BCUT2D eigenvalue weighted by Crippen LogP contribution is -2.58. The lowest BCUT2D eigenvalue weighted by atomic mass is 9.73. The number of aromatic nitrogens is 5. The van der Waals surface area contributed by atoms with E-state index >= 15 is 0 Å². The average Bonchev–Trinajstić information content (AvgIpc) is 3.54. The van der Waals surface area contributed by atoms with E-state index in [9.17, 15) is 21.6 Å². The molecule has 7 rings (SSSR count). The molecule has 0 saturated carbocycles. The Hall–Kier alpha value is -3.82. The molecule has 11 nitrogen and oxygen atoms in total. The van der Waals surface area contributed by atoms with Gasteiger partial charge in [-0.15, -0.1) is 0 Å². The Morgan fingerprint density at radius 3 is 2.48 bits per heavy atom. The quantitative estimate of drug-likeness (QED) is 0.259. The summed E-state index contributed by atoms with van der Waals surface area (Å²) in [5.41, 5.74) is 2.74. The lowest BCUT2D eigenvalue weighted by molar-refractivity contribution is -0.153. The summed E-state index contributed by atoms with van der Waals surface area (Å²) < 4.78 is 70.8. The number of halogens is 3. The molecule has 2 N–H and O–H groups in total. The lowest BCUT2D eigenvalue weighted by Gasteiger charge is -2.48. The molecular formula is C33H39F3N8O3S. The van der Waals surface area contributed by atoms with E-state index in [4.69, 9.17) is 14.7 Å². The number of likely N-dealkylation sites (tertiary alicyclic amines) is 1. The summed E-state index contributed by atoms with van der Waals surface area (Å²) in [6.07, 6.45) is 6.43. The number of fused-ring (bicyclic) bond motifs is 2. The molecule has 0 atom stereocenters. The molecule has 1 spiro atoms. The Labute approximate surface area is 276 Å². The molecule has 3 saturated heterocycles. The summed E-state index contributed by atoms with van der Waals surface area (Å²) in [6.45, 7) is 7.82. The zero-order chi connectivity index (χ0) is 33.7. The van der Waals surface area contributed by atoms with Gasteiger partial charge in [0.15, 0.2) is 12.4 Å². The first kappa shape index (κ1) is 32.7. The molecule has 4 aromatic rings. The Kier molecular flexibility index (Phi) is 8.57. The number of ether oxygens (including phenoxy) is 1. The van der Waals surface area contributed by atoms with Crippen LogP contribution in [0.1, 0.15) is 43.0 Å².